The number of nitrogens with zero attached hydrogens (tertiary/aromatic N) is 1. The summed E-state index contributed by atoms with van der Waals surface area (Å²) in [6, 6.07) is 14.4. The van der Waals surface area contributed by atoms with Gasteiger partial charge in [-0.2, -0.15) is 0 Å². The number of carboxylic acids is 1. The topological polar surface area (TPSA) is 88.4 Å². The van der Waals surface area contributed by atoms with Gasteiger partial charge < -0.3 is 15.0 Å². The molecule has 0 aliphatic rings. The van der Waals surface area contributed by atoms with E-state index in [4.69, 9.17) is 0 Å². The number of carbonyl (C=O) groups is 2. The van der Waals surface area contributed by atoms with E-state index >= 15 is 0 Å². The highest BCUT2D eigenvalue weighted by Gasteiger charge is 2.18. The van der Waals surface area contributed by atoms with E-state index in [9.17, 15) is 19.5 Å². The van der Waals surface area contributed by atoms with Crippen LogP contribution in [0, 0.1) is 5.92 Å². The SMILES string of the molecule is CCCC(CNC(=O)Cn1c2ccccc2c(=O)c2ccccc21)C(=O)O. The van der Waals surface area contributed by atoms with Crippen LogP contribution in [0.15, 0.2) is 53.3 Å². The van der Waals surface area contributed by atoms with Crippen LogP contribution in [0.5, 0.6) is 0 Å². The molecular formula is C21H22N2O4. The number of aromatic nitrogens is 1. The second-order valence-electron chi connectivity index (χ2n) is 6.58. The van der Waals surface area contributed by atoms with E-state index in [0.717, 1.165) is 6.42 Å². The molecule has 0 aliphatic heterocycles. The van der Waals surface area contributed by atoms with E-state index in [1.54, 1.807) is 28.8 Å². The fraction of sp³-hybridized carbons (Fsp3) is 0.286. The van der Waals surface area contributed by atoms with Crippen LogP contribution in [0.2, 0.25) is 0 Å². The van der Waals surface area contributed by atoms with Crippen LogP contribution < -0.4 is 10.7 Å². The van der Waals surface area contributed by atoms with Gasteiger partial charge in [0.05, 0.1) is 17.0 Å². The summed E-state index contributed by atoms with van der Waals surface area (Å²) in [6.07, 6.45) is 1.25. The molecule has 140 valence electrons. The molecule has 0 saturated carbocycles. The fourth-order valence-electron chi connectivity index (χ4n) is 3.35. The van der Waals surface area contributed by atoms with Crippen molar-refractivity contribution in [2.24, 2.45) is 5.92 Å². The molecule has 1 aromatic heterocycles. The summed E-state index contributed by atoms with van der Waals surface area (Å²) >= 11 is 0. The first-order valence-corrected chi connectivity index (χ1v) is 9.02. The van der Waals surface area contributed by atoms with Gasteiger partial charge in [-0.05, 0) is 30.7 Å². The van der Waals surface area contributed by atoms with E-state index in [1.165, 1.54) is 0 Å². The first-order valence-electron chi connectivity index (χ1n) is 9.02. The van der Waals surface area contributed by atoms with Gasteiger partial charge in [0.15, 0.2) is 5.43 Å². The Bertz CT molecular complexity index is 995. The van der Waals surface area contributed by atoms with Crippen molar-refractivity contribution in [3.05, 3.63) is 58.8 Å². The van der Waals surface area contributed by atoms with Crippen LogP contribution in [0.3, 0.4) is 0 Å². The Hall–Kier alpha value is -3.15. The molecule has 2 aromatic carbocycles. The lowest BCUT2D eigenvalue weighted by molar-refractivity contribution is -0.141. The number of aliphatic carboxylic acids is 1. The molecule has 0 saturated heterocycles. The summed E-state index contributed by atoms with van der Waals surface area (Å²) in [7, 11) is 0. The Morgan fingerprint density at radius 1 is 1.04 bits per heavy atom. The first-order chi connectivity index (χ1) is 13.0. The Morgan fingerprint density at radius 2 is 1.59 bits per heavy atom. The molecule has 0 fully saturated rings. The molecule has 0 radical (unpaired) electrons. The number of carboxylic acid groups (broad SMARTS) is 1. The fourth-order valence-corrected chi connectivity index (χ4v) is 3.35. The minimum Gasteiger partial charge on any atom is -0.481 e. The maximum Gasteiger partial charge on any atom is 0.308 e. The molecule has 3 aromatic rings. The van der Waals surface area contributed by atoms with Crippen molar-refractivity contribution in [1.29, 1.82) is 0 Å². The van der Waals surface area contributed by atoms with Crippen molar-refractivity contribution in [3.63, 3.8) is 0 Å². The molecular weight excluding hydrogens is 344 g/mol. The lowest BCUT2D eigenvalue weighted by Gasteiger charge is -2.16. The Kier molecular flexibility index (Phi) is 5.54. The smallest absolute Gasteiger partial charge is 0.308 e. The van der Waals surface area contributed by atoms with Crippen molar-refractivity contribution >= 4 is 33.7 Å². The monoisotopic (exact) mass is 366 g/mol. The molecule has 1 heterocycles. The number of benzene rings is 2. The molecule has 27 heavy (non-hydrogen) atoms. The van der Waals surface area contributed by atoms with Crippen molar-refractivity contribution in [3.8, 4) is 0 Å². The third kappa shape index (κ3) is 3.84. The molecule has 2 N–H and O–H groups in total. The molecule has 0 spiro atoms. The molecule has 3 rings (SSSR count). The van der Waals surface area contributed by atoms with Gasteiger partial charge in [0.25, 0.3) is 0 Å². The highest BCUT2D eigenvalue weighted by Crippen LogP contribution is 2.19. The number of amides is 1. The third-order valence-corrected chi connectivity index (χ3v) is 4.71. The van der Waals surface area contributed by atoms with E-state index in [0.29, 0.717) is 28.2 Å². The summed E-state index contributed by atoms with van der Waals surface area (Å²) < 4.78 is 1.80. The zero-order valence-corrected chi connectivity index (χ0v) is 15.1. The average Bonchev–Trinajstić information content (AvgIpc) is 2.68. The number of hydrogen-bond acceptors (Lipinski definition) is 3. The largest absolute Gasteiger partial charge is 0.481 e. The summed E-state index contributed by atoms with van der Waals surface area (Å²) in [5.74, 6) is -1.78. The molecule has 0 bridgehead atoms. The van der Waals surface area contributed by atoms with Crippen molar-refractivity contribution < 1.29 is 14.7 Å². The highest BCUT2D eigenvalue weighted by atomic mass is 16.4. The van der Waals surface area contributed by atoms with Gasteiger partial charge in [-0.3, -0.25) is 14.4 Å². The Balaban J connectivity index is 1.94. The Morgan fingerprint density at radius 3 is 2.11 bits per heavy atom. The van der Waals surface area contributed by atoms with Gasteiger partial charge in [-0.1, -0.05) is 37.6 Å². The van der Waals surface area contributed by atoms with Crippen LogP contribution in [-0.4, -0.2) is 28.1 Å². The lowest BCUT2D eigenvalue weighted by Crippen LogP contribution is -2.35. The number of carbonyl (C=O) groups excluding carboxylic acids is 1. The van der Waals surface area contributed by atoms with Gasteiger partial charge in [-0.25, -0.2) is 0 Å². The van der Waals surface area contributed by atoms with Gasteiger partial charge in [0.1, 0.15) is 6.54 Å². The maximum atomic E-state index is 12.7. The maximum absolute atomic E-state index is 12.7. The lowest BCUT2D eigenvalue weighted by atomic mass is 10.0. The Labute approximate surface area is 156 Å². The predicted octanol–water partition coefficient (Wildman–Crippen LogP) is 2.77. The quantitative estimate of drug-likeness (QED) is 0.629. The zero-order valence-electron chi connectivity index (χ0n) is 15.1. The molecule has 6 heteroatoms. The molecule has 1 amide bonds. The predicted molar refractivity (Wildman–Crippen MR) is 105 cm³/mol. The summed E-state index contributed by atoms with van der Waals surface area (Å²) in [5.41, 5.74) is 1.30. The van der Waals surface area contributed by atoms with Gasteiger partial charge >= 0.3 is 5.97 Å². The number of nitrogens with one attached hydrogen (secondary N) is 1. The number of fused-ring (bicyclic) bond motifs is 2. The molecule has 1 atom stereocenters. The first kappa shape index (κ1) is 18.6. The average molecular weight is 366 g/mol. The van der Waals surface area contributed by atoms with E-state index < -0.39 is 11.9 Å². The second-order valence-corrected chi connectivity index (χ2v) is 6.58. The van der Waals surface area contributed by atoms with Crippen molar-refractivity contribution in [1.82, 2.24) is 9.88 Å². The van der Waals surface area contributed by atoms with Gasteiger partial charge in [0.2, 0.25) is 5.91 Å². The van der Waals surface area contributed by atoms with Crippen LogP contribution in [0.4, 0.5) is 0 Å². The van der Waals surface area contributed by atoms with Crippen LogP contribution >= 0.6 is 0 Å². The summed E-state index contributed by atoms with van der Waals surface area (Å²) in [4.78, 5) is 36.5. The summed E-state index contributed by atoms with van der Waals surface area (Å²) in [6.45, 7) is 2.02. The van der Waals surface area contributed by atoms with Gasteiger partial charge in [0, 0.05) is 17.3 Å². The number of rotatable bonds is 7. The molecule has 0 aliphatic carbocycles. The standard InChI is InChI=1S/C21H22N2O4/c1-2-7-14(21(26)27)12-22-19(24)13-23-17-10-5-3-8-15(17)20(25)16-9-4-6-11-18(16)23/h3-6,8-11,14H,2,7,12-13H2,1H3,(H,22,24)(H,26,27). The van der Waals surface area contributed by atoms with E-state index in [1.807, 2.05) is 31.2 Å². The number of pyridine rings is 1. The highest BCUT2D eigenvalue weighted by molar-refractivity contribution is 5.94. The van der Waals surface area contributed by atoms with Crippen molar-refractivity contribution in [2.45, 2.75) is 26.3 Å². The van der Waals surface area contributed by atoms with Crippen LogP contribution in [0.25, 0.3) is 21.8 Å². The minimum absolute atomic E-state index is 0.0137. The number of para-hydroxylation sites is 2. The van der Waals surface area contributed by atoms with Crippen LogP contribution in [0.1, 0.15) is 19.8 Å². The molecule has 1 unspecified atom stereocenters. The second kappa shape index (κ2) is 8.03. The minimum atomic E-state index is -0.906. The normalized spacial score (nSPS) is 12.2. The van der Waals surface area contributed by atoms with E-state index in [-0.39, 0.29) is 24.4 Å². The molecule has 6 nitrogen and oxygen atoms in total. The third-order valence-electron chi connectivity index (χ3n) is 4.71. The van der Waals surface area contributed by atoms with Crippen LogP contribution in [-0.2, 0) is 16.1 Å². The van der Waals surface area contributed by atoms with Crippen molar-refractivity contribution in [2.75, 3.05) is 6.54 Å². The van der Waals surface area contributed by atoms with E-state index in [2.05, 4.69) is 5.32 Å². The number of hydrogen-bond donors (Lipinski definition) is 2. The zero-order chi connectivity index (χ0) is 19.4. The van der Waals surface area contributed by atoms with Gasteiger partial charge in [-0.15, -0.1) is 0 Å². The summed E-state index contributed by atoms with van der Waals surface area (Å²) in [5, 5.41) is 13.1.